The average molecular weight is 256 g/mol. The minimum Gasteiger partial charge on any atom is -0.398 e. The van der Waals surface area contributed by atoms with Gasteiger partial charge in [-0.05, 0) is 18.2 Å². The van der Waals surface area contributed by atoms with Crippen LogP contribution in [0.2, 0.25) is 0 Å². The van der Waals surface area contributed by atoms with E-state index in [2.05, 4.69) is 0 Å². The second-order valence-electron chi connectivity index (χ2n) is 3.87. The lowest BCUT2D eigenvalue weighted by molar-refractivity contribution is 0.0772. The number of hydrogen-bond acceptors (Lipinski definition) is 3. The van der Waals surface area contributed by atoms with E-state index in [1.54, 1.807) is 4.90 Å². The van der Waals surface area contributed by atoms with Gasteiger partial charge in [0.2, 0.25) is 0 Å². The van der Waals surface area contributed by atoms with Crippen LogP contribution < -0.4 is 5.73 Å². The van der Waals surface area contributed by atoms with Crippen LogP contribution in [0.4, 0.5) is 10.1 Å². The quantitative estimate of drug-likeness (QED) is 0.749. The number of carbonyl (C=O) groups is 1. The molecular formula is C11H13FN2O2S. The van der Waals surface area contributed by atoms with Crippen LogP contribution in [0, 0.1) is 5.82 Å². The van der Waals surface area contributed by atoms with Crippen molar-refractivity contribution in [2.24, 2.45) is 0 Å². The van der Waals surface area contributed by atoms with Crippen molar-refractivity contribution < 1.29 is 13.4 Å². The van der Waals surface area contributed by atoms with E-state index < -0.39 is 16.6 Å². The first-order valence-electron chi connectivity index (χ1n) is 5.27. The number of carbonyl (C=O) groups excluding carboxylic acids is 1. The normalized spacial score (nSPS) is 17.1. The number of amides is 1. The number of rotatable bonds is 1. The number of nitrogens with two attached hydrogens (primary N) is 1. The van der Waals surface area contributed by atoms with Crippen molar-refractivity contribution in [3.63, 3.8) is 0 Å². The molecule has 17 heavy (non-hydrogen) atoms. The summed E-state index contributed by atoms with van der Waals surface area (Å²) in [7, 11) is -0.843. The highest BCUT2D eigenvalue weighted by atomic mass is 32.2. The fourth-order valence-electron chi connectivity index (χ4n) is 1.73. The lowest BCUT2D eigenvalue weighted by Crippen LogP contribution is -2.42. The third-order valence-corrected chi connectivity index (χ3v) is 3.99. The fourth-order valence-corrected chi connectivity index (χ4v) is 2.78. The van der Waals surface area contributed by atoms with Crippen molar-refractivity contribution >= 4 is 22.4 Å². The molecule has 0 aromatic heterocycles. The Morgan fingerprint density at radius 3 is 2.65 bits per heavy atom. The highest BCUT2D eigenvalue weighted by Crippen LogP contribution is 2.16. The second kappa shape index (κ2) is 4.83. The molecular weight excluding hydrogens is 243 g/mol. The SMILES string of the molecule is Nc1ccc(F)cc1C(=O)N1CCS(=O)CC1. The van der Waals surface area contributed by atoms with E-state index >= 15 is 0 Å². The molecule has 1 amide bonds. The number of benzene rings is 1. The highest BCUT2D eigenvalue weighted by Gasteiger charge is 2.22. The van der Waals surface area contributed by atoms with Gasteiger partial charge in [0.1, 0.15) is 5.82 Å². The molecule has 0 radical (unpaired) electrons. The maximum atomic E-state index is 13.1. The Bertz CT molecular complexity index is 469. The Labute approximate surface area is 101 Å². The minimum absolute atomic E-state index is 0.178. The summed E-state index contributed by atoms with van der Waals surface area (Å²) >= 11 is 0. The molecule has 1 aromatic carbocycles. The van der Waals surface area contributed by atoms with E-state index in [0.29, 0.717) is 24.6 Å². The zero-order valence-corrected chi connectivity index (χ0v) is 10.0. The zero-order valence-electron chi connectivity index (χ0n) is 9.19. The van der Waals surface area contributed by atoms with Crippen LogP contribution in [0.15, 0.2) is 18.2 Å². The van der Waals surface area contributed by atoms with Crippen molar-refractivity contribution in [1.82, 2.24) is 4.90 Å². The molecule has 1 fully saturated rings. The Morgan fingerprint density at radius 1 is 1.35 bits per heavy atom. The Balaban J connectivity index is 2.19. The predicted octanol–water partition coefficient (Wildman–Crippen LogP) is 0.612. The van der Waals surface area contributed by atoms with Gasteiger partial charge >= 0.3 is 0 Å². The van der Waals surface area contributed by atoms with Crippen LogP contribution in [-0.4, -0.2) is 39.6 Å². The lowest BCUT2D eigenvalue weighted by Gasteiger charge is -2.26. The number of anilines is 1. The molecule has 0 spiro atoms. The highest BCUT2D eigenvalue weighted by molar-refractivity contribution is 7.85. The first-order valence-corrected chi connectivity index (χ1v) is 6.76. The standard InChI is InChI=1S/C11H13FN2O2S/c12-8-1-2-10(13)9(7-8)11(15)14-3-5-17(16)6-4-14/h1-2,7H,3-6,13H2. The first kappa shape index (κ1) is 12.0. The summed E-state index contributed by atoms with van der Waals surface area (Å²) in [6, 6.07) is 3.74. The molecule has 92 valence electrons. The van der Waals surface area contributed by atoms with Crippen molar-refractivity contribution in [1.29, 1.82) is 0 Å². The van der Waals surface area contributed by atoms with Crippen molar-refractivity contribution in [2.45, 2.75) is 0 Å². The van der Waals surface area contributed by atoms with Crippen molar-refractivity contribution in [3.8, 4) is 0 Å². The van der Waals surface area contributed by atoms with E-state index in [0.717, 1.165) is 6.07 Å². The summed E-state index contributed by atoms with van der Waals surface area (Å²) in [5.74, 6) is 0.170. The molecule has 0 bridgehead atoms. The molecule has 4 nitrogen and oxygen atoms in total. The van der Waals surface area contributed by atoms with E-state index in [1.165, 1.54) is 12.1 Å². The van der Waals surface area contributed by atoms with Crippen LogP contribution in [0.1, 0.15) is 10.4 Å². The molecule has 1 aromatic rings. The van der Waals surface area contributed by atoms with Gasteiger partial charge in [0.25, 0.3) is 5.91 Å². The number of nitrogen functional groups attached to an aromatic ring is 1. The van der Waals surface area contributed by atoms with E-state index in [1.807, 2.05) is 0 Å². The van der Waals surface area contributed by atoms with Gasteiger partial charge in [0.05, 0.1) is 5.56 Å². The molecule has 0 atom stereocenters. The molecule has 1 saturated heterocycles. The predicted molar refractivity (Wildman–Crippen MR) is 64.6 cm³/mol. The molecule has 0 unspecified atom stereocenters. The number of halogens is 1. The molecule has 0 saturated carbocycles. The molecule has 2 rings (SSSR count). The fraction of sp³-hybridized carbons (Fsp3) is 0.364. The molecule has 6 heteroatoms. The summed E-state index contributed by atoms with van der Waals surface area (Å²) in [6.45, 7) is 0.864. The van der Waals surface area contributed by atoms with E-state index in [4.69, 9.17) is 5.73 Å². The van der Waals surface area contributed by atoms with Gasteiger partial charge in [-0.2, -0.15) is 0 Å². The summed E-state index contributed by atoms with van der Waals surface area (Å²) in [6.07, 6.45) is 0. The summed E-state index contributed by atoms with van der Waals surface area (Å²) in [5.41, 5.74) is 6.10. The maximum absolute atomic E-state index is 13.1. The van der Waals surface area contributed by atoms with Gasteiger partial charge in [-0.25, -0.2) is 4.39 Å². The van der Waals surface area contributed by atoms with Crippen LogP contribution in [0.3, 0.4) is 0 Å². The minimum atomic E-state index is -0.843. The molecule has 2 N–H and O–H groups in total. The molecule has 1 aliphatic heterocycles. The summed E-state index contributed by atoms with van der Waals surface area (Å²) in [4.78, 5) is 13.6. The van der Waals surface area contributed by atoms with Gasteiger partial charge < -0.3 is 10.6 Å². The third-order valence-electron chi connectivity index (χ3n) is 2.71. The monoisotopic (exact) mass is 256 g/mol. The first-order chi connectivity index (χ1) is 8.08. The van der Waals surface area contributed by atoms with Gasteiger partial charge in [0.15, 0.2) is 0 Å². The van der Waals surface area contributed by atoms with Gasteiger partial charge in [-0.15, -0.1) is 0 Å². The molecule has 1 heterocycles. The lowest BCUT2D eigenvalue weighted by atomic mass is 10.1. The Hall–Kier alpha value is -1.43. The molecule has 1 aliphatic rings. The van der Waals surface area contributed by atoms with Crippen LogP contribution in [0.25, 0.3) is 0 Å². The van der Waals surface area contributed by atoms with Gasteiger partial charge in [-0.3, -0.25) is 9.00 Å². The van der Waals surface area contributed by atoms with Crippen LogP contribution in [0.5, 0.6) is 0 Å². The number of hydrogen-bond donors (Lipinski definition) is 1. The number of nitrogens with zero attached hydrogens (tertiary/aromatic N) is 1. The maximum Gasteiger partial charge on any atom is 0.256 e. The average Bonchev–Trinajstić information content (AvgIpc) is 2.32. The zero-order chi connectivity index (χ0) is 12.4. The van der Waals surface area contributed by atoms with Gasteiger partial charge in [0, 0.05) is 41.1 Å². The summed E-state index contributed by atoms with van der Waals surface area (Å²) < 4.78 is 24.2. The van der Waals surface area contributed by atoms with E-state index in [-0.39, 0.29) is 17.2 Å². The van der Waals surface area contributed by atoms with Crippen LogP contribution >= 0.6 is 0 Å². The van der Waals surface area contributed by atoms with Crippen molar-refractivity contribution in [2.75, 3.05) is 30.3 Å². The Kier molecular flexibility index (Phi) is 3.42. The topological polar surface area (TPSA) is 63.4 Å². The Morgan fingerprint density at radius 2 is 2.00 bits per heavy atom. The summed E-state index contributed by atoms with van der Waals surface area (Å²) in [5, 5.41) is 0. The van der Waals surface area contributed by atoms with E-state index in [9.17, 15) is 13.4 Å². The van der Waals surface area contributed by atoms with Gasteiger partial charge in [-0.1, -0.05) is 0 Å². The molecule has 0 aliphatic carbocycles. The smallest absolute Gasteiger partial charge is 0.256 e. The van der Waals surface area contributed by atoms with Crippen molar-refractivity contribution in [3.05, 3.63) is 29.6 Å². The largest absolute Gasteiger partial charge is 0.398 e. The van der Waals surface area contributed by atoms with Crippen LogP contribution in [-0.2, 0) is 10.8 Å². The second-order valence-corrected chi connectivity index (χ2v) is 5.57. The third kappa shape index (κ3) is 2.63.